The molecular formula is C10H7NO3S. The average Bonchev–Trinajstić information content (AvgIpc) is 2.71. The Bertz CT molecular complexity index is 450. The van der Waals surface area contributed by atoms with Crippen LogP contribution in [0.4, 0.5) is 0 Å². The Morgan fingerprint density at radius 3 is 2.60 bits per heavy atom. The minimum Gasteiger partial charge on any atom is -0.478 e. The van der Waals surface area contributed by atoms with E-state index in [9.17, 15) is 4.79 Å². The van der Waals surface area contributed by atoms with Gasteiger partial charge in [0.2, 0.25) is 5.06 Å². The molecule has 0 fully saturated rings. The van der Waals surface area contributed by atoms with Gasteiger partial charge in [-0.3, -0.25) is 0 Å². The average molecular weight is 221 g/mol. The number of hydrogen-bond acceptors (Lipinski definition) is 4. The van der Waals surface area contributed by atoms with Crippen molar-refractivity contribution in [3.05, 3.63) is 41.5 Å². The van der Waals surface area contributed by atoms with Gasteiger partial charge in [0, 0.05) is 0 Å². The quantitative estimate of drug-likeness (QED) is 0.865. The summed E-state index contributed by atoms with van der Waals surface area (Å²) in [5.41, 5.74) is 1.91. The van der Waals surface area contributed by atoms with Gasteiger partial charge < -0.3 is 9.84 Å². The van der Waals surface area contributed by atoms with Crippen molar-refractivity contribution >= 4 is 17.3 Å². The van der Waals surface area contributed by atoms with E-state index in [0.717, 1.165) is 0 Å². The molecule has 1 aromatic carbocycles. The summed E-state index contributed by atoms with van der Waals surface area (Å²) in [6.45, 7) is 0. The zero-order valence-corrected chi connectivity index (χ0v) is 8.40. The number of nitrogens with zero attached hydrogens (tertiary/aromatic N) is 1. The maximum absolute atomic E-state index is 10.6. The minimum atomic E-state index is -0.945. The first kappa shape index (κ1) is 9.67. The van der Waals surface area contributed by atoms with Crippen LogP contribution in [0.1, 0.15) is 10.4 Å². The zero-order valence-electron chi connectivity index (χ0n) is 7.58. The van der Waals surface area contributed by atoms with E-state index in [1.54, 1.807) is 23.8 Å². The lowest BCUT2D eigenvalue weighted by molar-refractivity contribution is 0.0697. The highest BCUT2D eigenvalue weighted by Crippen LogP contribution is 2.24. The second-order valence-corrected chi connectivity index (χ2v) is 3.60. The number of thiazole rings is 1. The molecule has 0 spiro atoms. The van der Waals surface area contributed by atoms with Gasteiger partial charge in [-0.2, -0.15) is 0 Å². The van der Waals surface area contributed by atoms with Crippen molar-refractivity contribution in [2.24, 2.45) is 0 Å². The molecule has 0 aliphatic carbocycles. The summed E-state index contributed by atoms with van der Waals surface area (Å²) in [7, 11) is 0. The molecule has 0 unspecified atom stereocenters. The highest BCUT2D eigenvalue weighted by atomic mass is 32.1. The largest absolute Gasteiger partial charge is 0.478 e. The molecule has 2 rings (SSSR count). The van der Waals surface area contributed by atoms with Gasteiger partial charge in [-0.25, -0.2) is 9.78 Å². The molecule has 1 N–H and O–H groups in total. The van der Waals surface area contributed by atoms with Crippen molar-refractivity contribution in [1.82, 2.24) is 4.98 Å². The molecule has 76 valence electrons. The summed E-state index contributed by atoms with van der Waals surface area (Å²) in [5.74, 6) is -0.344. The number of rotatable bonds is 3. The number of ether oxygens (including phenoxy) is 1. The second-order valence-electron chi connectivity index (χ2n) is 2.75. The van der Waals surface area contributed by atoms with Crippen LogP contribution in [-0.4, -0.2) is 16.1 Å². The fourth-order valence-corrected chi connectivity index (χ4v) is 1.53. The molecule has 0 atom stereocenters. The van der Waals surface area contributed by atoms with Gasteiger partial charge in [-0.05, 0) is 24.3 Å². The van der Waals surface area contributed by atoms with E-state index < -0.39 is 5.97 Å². The Morgan fingerprint density at radius 1 is 1.33 bits per heavy atom. The minimum absolute atomic E-state index is 0.242. The van der Waals surface area contributed by atoms with Gasteiger partial charge in [-0.15, -0.1) is 0 Å². The highest BCUT2D eigenvalue weighted by molar-refractivity contribution is 7.11. The first-order valence-electron chi connectivity index (χ1n) is 4.15. The summed E-state index contributed by atoms with van der Waals surface area (Å²) < 4.78 is 5.42. The van der Waals surface area contributed by atoms with Crippen LogP contribution >= 0.6 is 11.3 Å². The van der Waals surface area contributed by atoms with Crippen molar-refractivity contribution < 1.29 is 14.6 Å². The predicted molar refractivity (Wildman–Crippen MR) is 55.6 cm³/mol. The number of carbonyl (C=O) groups is 1. The van der Waals surface area contributed by atoms with Crippen molar-refractivity contribution in [1.29, 1.82) is 0 Å². The number of carboxylic acid groups (broad SMARTS) is 1. The van der Waals surface area contributed by atoms with E-state index in [1.165, 1.54) is 23.5 Å². The standard InChI is InChI=1S/C10H7NO3S/c12-10(13)7-1-3-8(4-2-7)14-9-5-11-6-15-9/h1-6H,(H,12,13). The Hall–Kier alpha value is -1.88. The summed E-state index contributed by atoms with van der Waals surface area (Å²) in [5, 5.41) is 9.36. The van der Waals surface area contributed by atoms with Gasteiger partial charge in [0.05, 0.1) is 17.3 Å². The lowest BCUT2D eigenvalue weighted by Crippen LogP contribution is -1.94. The molecule has 0 aliphatic rings. The molecule has 0 saturated heterocycles. The monoisotopic (exact) mass is 221 g/mol. The number of carboxylic acids is 1. The Morgan fingerprint density at radius 2 is 2.07 bits per heavy atom. The Labute approximate surface area is 89.8 Å². The molecule has 5 heteroatoms. The normalized spacial score (nSPS) is 9.87. The third kappa shape index (κ3) is 2.32. The van der Waals surface area contributed by atoms with Crippen LogP contribution in [0, 0.1) is 0 Å². The van der Waals surface area contributed by atoms with E-state index in [1.807, 2.05) is 0 Å². The molecule has 0 amide bonds. The number of aromatic carboxylic acids is 1. The summed E-state index contributed by atoms with van der Waals surface area (Å²) in [6.07, 6.45) is 1.61. The molecule has 1 heterocycles. The lowest BCUT2D eigenvalue weighted by atomic mass is 10.2. The smallest absolute Gasteiger partial charge is 0.335 e. The number of benzene rings is 1. The fourth-order valence-electron chi connectivity index (χ4n) is 1.04. The van der Waals surface area contributed by atoms with Gasteiger partial charge in [0.25, 0.3) is 0 Å². The van der Waals surface area contributed by atoms with Crippen LogP contribution in [0.25, 0.3) is 0 Å². The fraction of sp³-hybridized carbons (Fsp3) is 0. The molecular weight excluding hydrogens is 214 g/mol. The van der Waals surface area contributed by atoms with E-state index in [2.05, 4.69) is 4.98 Å². The van der Waals surface area contributed by atoms with Crippen LogP contribution in [0.5, 0.6) is 10.8 Å². The Kier molecular flexibility index (Phi) is 2.64. The van der Waals surface area contributed by atoms with Gasteiger partial charge in [-0.1, -0.05) is 11.3 Å². The first-order chi connectivity index (χ1) is 7.25. The molecule has 0 saturated carbocycles. The zero-order chi connectivity index (χ0) is 10.7. The molecule has 1 aromatic heterocycles. The lowest BCUT2D eigenvalue weighted by Gasteiger charge is -2.01. The van der Waals surface area contributed by atoms with Crippen molar-refractivity contribution in [2.75, 3.05) is 0 Å². The highest BCUT2D eigenvalue weighted by Gasteiger charge is 2.03. The second kappa shape index (κ2) is 4.10. The molecule has 0 radical (unpaired) electrons. The van der Waals surface area contributed by atoms with Gasteiger partial charge >= 0.3 is 5.97 Å². The topological polar surface area (TPSA) is 59.4 Å². The van der Waals surface area contributed by atoms with E-state index in [-0.39, 0.29) is 5.56 Å². The third-order valence-corrected chi connectivity index (χ3v) is 2.38. The summed E-state index contributed by atoms with van der Waals surface area (Å²) >= 11 is 1.38. The van der Waals surface area contributed by atoms with Crippen LogP contribution in [0.3, 0.4) is 0 Å². The van der Waals surface area contributed by atoms with Crippen LogP contribution in [0.15, 0.2) is 36.0 Å². The van der Waals surface area contributed by atoms with E-state index in [4.69, 9.17) is 9.84 Å². The van der Waals surface area contributed by atoms with Gasteiger partial charge in [0.1, 0.15) is 5.75 Å². The van der Waals surface area contributed by atoms with Crippen LogP contribution in [0.2, 0.25) is 0 Å². The maximum Gasteiger partial charge on any atom is 0.335 e. The van der Waals surface area contributed by atoms with Crippen LogP contribution in [-0.2, 0) is 0 Å². The first-order valence-corrected chi connectivity index (χ1v) is 5.03. The van der Waals surface area contributed by atoms with Gasteiger partial charge in [0.15, 0.2) is 0 Å². The number of aromatic nitrogens is 1. The Balaban J connectivity index is 2.14. The molecule has 15 heavy (non-hydrogen) atoms. The molecule has 4 nitrogen and oxygen atoms in total. The molecule has 0 bridgehead atoms. The molecule has 2 aromatic rings. The maximum atomic E-state index is 10.6. The summed E-state index contributed by atoms with van der Waals surface area (Å²) in [6, 6.07) is 6.23. The SMILES string of the molecule is O=C(O)c1ccc(Oc2cncs2)cc1. The van der Waals surface area contributed by atoms with Crippen molar-refractivity contribution in [2.45, 2.75) is 0 Å². The molecule has 0 aliphatic heterocycles. The van der Waals surface area contributed by atoms with Crippen molar-refractivity contribution in [3.8, 4) is 10.8 Å². The summed E-state index contributed by atoms with van der Waals surface area (Å²) in [4.78, 5) is 14.4. The van der Waals surface area contributed by atoms with Crippen molar-refractivity contribution in [3.63, 3.8) is 0 Å². The third-order valence-electron chi connectivity index (χ3n) is 1.73. The van der Waals surface area contributed by atoms with Crippen LogP contribution < -0.4 is 4.74 Å². The number of hydrogen-bond donors (Lipinski definition) is 1. The van der Waals surface area contributed by atoms with E-state index >= 15 is 0 Å². The van der Waals surface area contributed by atoms with E-state index in [0.29, 0.717) is 10.8 Å². The predicted octanol–water partition coefficient (Wildman–Crippen LogP) is 2.63.